The Bertz CT molecular complexity index is 526. The molecule has 0 aliphatic rings. The van der Waals surface area contributed by atoms with E-state index in [4.69, 9.17) is 4.42 Å². The van der Waals surface area contributed by atoms with Crippen LogP contribution >= 0.6 is 0 Å². The van der Waals surface area contributed by atoms with Crippen molar-refractivity contribution in [1.29, 1.82) is 0 Å². The molecule has 3 heteroatoms. The Morgan fingerprint density at radius 3 is 2.82 bits per heavy atom. The molecule has 0 amide bonds. The van der Waals surface area contributed by atoms with Crippen molar-refractivity contribution in [2.24, 2.45) is 0 Å². The molecule has 2 aromatic rings. The quantitative estimate of drug-likeness (QED) is 0.761. The number of methoxy groups -OCH3 is 1. The lowest BCUT2D eigenvalue weighted by atomic mass is 10.1. The normalized spacial score (nSPS) is 10.2. The van der Waals surface area contributed by atoms with Crippen LogP contribution in [0.5, 0.6) is 0 Å². The van der Waals surface area contributed by atoms with E-state index in [2.05, 4.69) is 29.9 Å². The summed E-state index contributed by atoms with van der Waals surface area (Å²) in [5.41, 5.74) is 3.39. The number of hydrogen-bond acceptors (Lipinski definition) is 3. The molecule has 0 bridgehead atoms. The van der Waals surface area contributed by atoms with Gasteiger partial charge in [-0.15, -0.1) is 0 Å². The van der Waals surface area contributed by atoms with Gasteiger partial charge in [-0.25, -0.2) is 4.79 Å². The van der Waals surface area contributed by atoms with E-state index in [1.54, 1.807) is 12.3 Å². The zero-order chi connectivity index (χ0) is 12.3. The molecule has 0 saturated carbocycles. The minimum atomic E-state index is -0.444. The monoisotopic (exact) mass is 230 g/mol. The molecule has 0 fully saturated rings. The standard InChI is InChI=1S/C14H14O3/c1-10-4-3-5-11(6-10)7-12-8-13(17-9-12)14(15)16-2/h3-6,8-9H,7H2,1-2H3. The van der Waals surface area contributed by atoms with Crippen LogP contribution < -0.4 is 0 Å². The largest absolute Gasteiger partial charge is 0.463 e. The van der Waals surface area contributed by atoms with E-state index >= 15 is 0 Å². The number of rotatable bonds is 3. The predicted molar refractivity (Wildman–Crippen MR) is 64.0 cm³/mol. The van der Waals surface area contributed by atoms with Crippen molar-refractivity contribution in [2.45, 2.75) is 13.3 Å². The molecule has 17 heavy (non-hydrogen) atoms. The van der Waals surface area contributed by atoms with E-state index in [0.29, 0.717) is 0 Å². The lowest BCUT2D eigenvalue weighted by Crippen LogP contribution is -1.98. The van der Waals surface area contributed by atoms with Gasteiger partial charge in [-0.2, -0.15) is 0 Å². The van der Waals surface area contributed by atoms with Gasteiger partial charge < -0.3 is 9.15 Å². The predicted octanol–water partition coefficient (Wildman–Crippen LogP) is 2.97. The second-order valence-electron chi connectivity index (χ2n) is 3.98. The molecule has 0 atom stereocenters. The molecule has 88 valence electrons. The molecule has 0 saturated heterocycles. The number of ether oxygens (including phenoxy) is 1. The number of furan rings is 1. The first-order chi connectivity index (χ1) is 8.19. The van der Waals surface area contributed by atoms with Crippen LogP contribution in [0, 0.1) is 6.92 Å². The van der Waals surface area contributed by atoms with Gasteiger partial charge in [-0.1, -0.05) is 29.8 Å². The average Bonchev–Trinajstić information content (AvgIpc) is 2.76. The number of hydrogen-bond donors (Lipinski definition) is 0. The Labute approximate surface area is 100 Å². The summed E-state index contributed by atoms with van der Waals surface area (Å²) in [7, 11) is 1.34. The summed E-state index contributed by atoms with van der Waals surface area (Å²) in [5.74, 6) is -0.198. The summed E-state index contributed by atoms with van der Waals surface area (Å²) in [6.45, 7) is 2.05. The van der Waals surface area contributed by atoms with Crippen molar-refractivity contribution in [1.82, 2.24) is 0 Å². The van der Waals surface area contributed by atoms with Crippen molar-refractivity contribution in [2.75, 3.05) is 7.11 Å². The third-order valence-electron chi connectivity index (χ3n) is 2.53. The zero-order valence-electron chi connectivity index (χ0n) is 9.90. The average molecular weight is 230 g/mol. The van der Waals surface area contributed by atoms with E-state index in [1.807, 2.05) is 6.07 Å². The van der Waals surface area contributed by atoms with Crippen LogP contribution in [-0.4, -0.2) is 13.1 Å². The fourth-order valence-corrected chi connectivity index (χ4v) is 1.73. The topological polar surface area (TPSA) is 39.4 Å². The minimum absolute atomic E-state index is 0.246. The minimum Gasteiger partial charge on any atom is -0.463 e. The van der Waals surface area contributed by atoms with Crippen molar-refractivity contribution >= 4 is 5.97 Å². The van der Waals surface area contributed by atoms with E-state index in [1.165, 1.54) is 18.2 Å². The number of carbonyl (C=O) groups is 1. The van der Waals surface area contributed by atoms with Gasteiger partial charge in [0.25, 0.3) is 0 Å². The van der Waals surface area contributed by atoms with Crippen LogP contribution in [0.25, 0.3) is 0 Å². The molecule has 0 N–H and O–H groups in total. The van der Waals surface area contributed by atoms with Gasteiger partial charge in [0.15, 0.2) is 0 Å². The summed E-state index contributed by atoms with van der Waals surface area (Å²) in [4.78, 5) is 11.2. The maximum Gasteiger partial charge on any atom is 0.373 e. The van der Waals surface area contributed by atoms with Gasteiger partial charge in [0, 0.05) is 6.42 Å². The molecule has 2 rings (SSSR count). The molecule has 1 heterocycles. The van der Waals surface area contributed by atoms with Crippen LogP contribution in [0.4, 0.5) is 0 Å². The smallest absolute Gasteiger partial charge is 0.373 e. The van der Waals surface area contributed by atoms with Crippen molar-refractivity contribution in [3.05, 3.63) is 59.0 Å². The van der Waals surface area contributed by atoms with Crippen LogP contribution in [-0.2, 0) is 11.2 Å². The summed E-state index contributed by atoms with van der Waals surface area (Å²) in [6.07, 6.45) is 2.34. The van der Waals surface area contributed by atoms with Crippen molar-refractivity contribution < 1.29 is 13.9 Å². The fourth-order valence-electron chi connectivity index (χ4n) is 1.73. The van der Waals surface area contributed by atoms with E-state index in [0.717, 1.165) is 12.0 Å². The Morgan fingerprint density at radius 1 is 1.29 bits per heavy atom. The highest BCUT2D eigenvalue weighted by molar-refractivity contribution is 5.86. The van der Waals surface area contributed by atoms with Crippen LogP contribution in [0.15, 0.2) is 41.0 Å². The van der Waals surface area contributed by atoms with E-state index in [9.17, 15) is 4.79 Å². The lowest BCUT2D eigenvalue weighted by Gasteiger charge is -1.99. The summed E-state index contributed by atoms with van der Waals surface area (Å²) in [5, 5.41) is 0. The third kappa shape index (κ3) is 2.75. The number of carbonyl (C=O) groups excluding carboxylic acids is 1. The highest BCUT2D eigenvalue weighted by atomic mass is 16.5. The second kappa shape index (κ2) is 4.87. The SMILES string of the molecule is COC(=O)c1cc(Cc2cccc(C)c2)co1. The molecule has 3 nitrogen and oxygen atoms in total. The van der Waals surface area contributed by atoms with Crippen molar-refractivity contribution in [3.63, 3.8) is 0 Å². The molecule has 1 aromatic carbocycles. The Hall–Kier alpha value is -2.03. The molecular weight excluding hydrogens is 216 g/mol. The maximum absolute atomic E-state index is 11.2. The molecular formula is C14H14O3. The summed E-state index contributed by atoms with van der Waals surface area (Å²) < 4.78 is 9.73. The van der Waals surface area contributed by atoms with Gasteiger partial charge in [0.1, 0.15) is 0 Å². The van der Waals surface area contributed by atoms with Gasteiger partial charge in [0.2, 0.25) is 5.76 Å². The Morgan fingerprint density at radius 2 is 2.12 bits per heavy atom. The molecule has 0 radical (unpaired) electrons. The summed E-state index contributed by atoms with van der Waals surface area (Å²) >= 11 is 0. The molecule has 1 aromatic heterocycles. The number of aryl methyl sites for hydroxylation is 1. The maximum atomic E-state index is 11.2. The van der Waals surface area contributed by atoms with Crippen LogP contribution in [0.3, 0.4) is 0 Å². The number of esters is 1. The Kier molecular flexibility index (Phi) is 3.28. The first-order valence-corrected chi connectivity index (χ1v) is 5.40. The zero-order valence-corrected chi connectivity index (χ0v) is 9.90. The highest BCUT2D eigenvalue weighted by Crippen LogP contribution is 2.14. The van der Waals surface area contributed by atoms with E-state index in [-0.39, 0.29) is 5.76 Å². The molecule has 0 spiro atoms. The first kappa shape index (κ1) is 11.5. The van der Waals surface area contributed by atoms with Crippen LogP contribution in [0.2, 0.25) is 0 Å². The third-order valence-corrected chi connectivity index (χ3v) is 2.53. The van der Waals surface area contributed by atoms with Gasteiger partial charge >= 0.3 is 5.97 Å². The molecule has 0 aliphatic heterocycles. The van der Waals surface area contributed by atoms with Gasteiger partial charge in [0.05, 0.1) is 13.4 Å². The van der Waals surface area contributed by atoms with Crippen LogP contribution in [0.1, 0.15) is 27.2 Å². The van der Waals surface area contributed by atoms with Gasteiger partial charge in [-0.3, -0.25) is 0 Å². The molecule has 0 unspecified atom stereocenters. The second-order valence-corrected chi connectivity index (χ2v) is 3.98. The fraction of sp³-hybridized carbons (Fsp3) is 0.214. The molecule has 0 aliphatic carbocycles. The first-order valence-electron chi connectivity index (χ1n) is 5.40. The lowest BCUT2D eigenvalue weighted by molar-refractivity contribution is 0.0565. The summed E-state index contributed by atoms with van der Waals surface area (Å²) in [6, 6.07) is 9.96. The van der Waals surface area contributed by atoms with E-state index < -0.39 is 5.97 Å². The van der Waals surface area contributed by atoms with Crippen molar-refractivity contribution in [3.8, 4) is 0 Å². The number of benzene rings is 1. The van der Waals surface area contributed by atoms with Gasteiger partial charge in [-0.05, 0) is 24.1 Å². The Balaban J connectivity index is 2.14. The highest BCUT2D eigenvalue weighted by Gasteiger charge is 2.11.